The van der Waals surface area contributed by atoms with E-state index in [1.807, 2.05) is 0 Å². The van der Waals surface area contributed by atoms with Crippen LogP contribution < -0.4 is 5.32 Å². The first kappa shape index (κ1) is 15.3. The van der Waals surface area contributed by atoms with Crippen LogP contribution in [0.15, 0.2) is 0 Å². The monoisotopic (exact) mass is 257 g/mol. The zero-order valence-electron chi connectivity index (χ0n) is 12.1. The molecule has 1 unspecified atom stereocenters. The number of rotatable bonds is 5. The minimum absolute atomic E-state index is 0.0660. The van der Waals surface area contributed by atoms with Crippen LogP contribution in [0.2, 0.25) is 0 Å². The molecule has 0 aromatic carbocycles. The van der Waals surface area contributed by atoms with E-state index in [1.54, 1.807) is 7.11 Å². The molecule has 106 valence electrons. The molecular formula is C14H27NO3. The predicted molar refractivity (Wildman–Crippen MR) is 71.5 cm³/mol. The quantitative estimate of drug-likeness (QED) is 0.770. The molecule has 0 aromatic rings. The van der Waals surface area contributed by atoms with Crippen molar-refractivity contribution in [2.75, 3.05) is 20.3 Å². The summed E-state index contributed by atoms with van der Waals surface area (Å²) >= 11 is 0. The number of carbonyl (C=O) groups excluding carboxylic acids is 1. The lowest BCUT2D eigenvalue weighted by Crippen LogP contribution is -2.39. The molecule has 1 amide bonds. The van der Waals surface area contributed by atoms with E-state index in [9.17, 15) is 4.79 Å². The largest absolute Gasteiger partial charge is 0.446 e. The van der Waals surface area contributed by atoms with Gasteiger partial charge >= 0.3 is 6.09 Å². The van der Waals surface area contributed by atoms with Crippen LogP contribution in [0, 0.1) is 17.8 Å². The van der Waals surface area contributed by atoms with Crippen molar-refractivity contribution in [2.24, 2.45) is 17.8 Å². The Morgan fingerprint density at radius 1 is 1.39 bits per heavy atom. The lowest BCUT2D eigenvalue weighted by molar-refractivity contribution is 0.00562. The molecule has 0 bridgehead atoms. The van der Waals surface area contributed by atoms with E-state index in [0.717, 1.165) is 12.8 Å². The van der Waals surface area contributed by atoms with Gasteiger partial charge in [-0.05, 0) is 30.6 Å². The van der Waals surface area contributed by atoms with Gasteiger partial charge in [0.1, 0.15) is 6.10 Å². The van der Waals surface area contributed by atoms with Gasteiger partial charge in [-0.15, -0.1) is 0 Å². The van der Waals surface area contributed by atoms with Crippen molar-refractivity contribution >= 4 is 6.09 Å². The molecule has 1 N–H and O–H groups in total. The Labute approximate surface area is 110 Å². The predicted octanol–water partition coefficient (Wildman–Crippen LogP) is 2.82. The maximum Gasteiger partial charge on any atom is 0.407 e. The summed E-state index contributed by atoms with van der Waals surface area (Å²) in [6.45, 7) is 7.67. The van der Waals surface area contributed by atoms with E-state index in [2.05, 4.69) is 26.1 Å². The average Bonchev–Trinajstić information content (AvgIpc) is 2.29. The van der Waals surface area contributed by atoms with E-state index in [-0.39, 0.29) is 12.2 Å². The van der Waals surface area contributed by atoms with Crippen LogP contribution in [0.4, 0.5) is 4.79 Å². The highest BCUT2D eigenvalue weighted by Crippen LogP contribution is 2.35. The highest BCUT2D eigenvalue weighted by atomic mass is 16.6. The van der Waals surface area contributed by atoms with Crippen LogP contribution in [0.5, 0.6) is 0 Å². The number of alkyl carbamates (subject to hydrolysis) is 1. The molecule has 18 heavy (non-hydrogen) atoms. The molecule has 0 saturated heterocycles. The standard InChI is InChI=1S/C14H27NO3/c1-10(2)12-6-5-11(3)9-13(12)18-14(16)15-7-8-17-4/h10-13H,5-9H2,1-4H3,(H,15,16)/t11?,12-,13-/m0/s1. The maximum atomic E-state index is 11.7. The smallest absolute Gasteiger partial charge is 0.407 e. The van der Waals surface area contributed by atoms with Crippen molar-refractivity contribution in [3.8, 4) is 0 Å². The van der Waals surface area contributed by atoms with Crippen LogP contribution in [0.3, 0.4) is 0 Å². The lowest BCUT2D eigenvalue weighted by Gasteiger charge is -2.36. The van der Waals surface area contributed by atoms with Crippen molar-refractivity contribution in [1.82, 2.24) is 5.32 Å². The first-order valence-corrected chi connectivity index (χ1v) is 6.98. The zero-order valence-corrected chi connectivity index (χ0v) is 12.1. The van der Waals surface area contributed by atoms with E-state index >= 15 is 0 Å². The topological polar surface area (TPSA) is 47.6 Å². The molecule has 1 saturated carbocycles. The third-order valence-corrected chi connectivity index (χ3v) is 3.80. The van der Waals surface area contributed by atoms with Gasteiger partial charge in [-0.3, -0.25) is 0 Å². The van der Waals surface area contributed by atoms with Crippen LogP contribution in [0.1, 0.15) is 40.0 Å². The first-order chi connectivity index (χ1) is 8.54. The van der Waals surface area contributed by atoms with Gasteiger partial charge in [0.25, 0.3) is 0 Å². The summed E-state index contributed by atoms with van der Waals surface area (Å²) in [5.74, 6) is 1.71. The number of carbonyl (C=O) groups is 1. The molecule has 0 aliphatic heterocycles. The van der Waals surface area contributed by atoms with E-state index in [0.29, 0.717) is 30.9 Å². The number of nitrogens with one attached hydrogen (secondary N) is 1. The van der Waals surface area contributed by atoms with Crippen LogP contribution in [-0.4, -0.2) is 32.5 Å². The third kappa shape index (κ3) is 4.84. The SMILES string of the molecule is COCCNC(=O)O[C@H]1CC(C)CC[C@H]1C(C)C. The van der Waals surface area contributed by atoms with Crippen molar-refractivity contribution in [2.45, 2.75) is 46.1 Å². The normalized spacial score (nSPS) is 28.2. The number of amides is 1. The van der Waals surface area contributed by atoms with Crippen LogP contribution in [0.25, 0.3) is 0 Å². The zero-order chi connectivity index (χ0) is 13.5. The Hall–Kier alpha value is -0.770. The molecule has 1 aliphatic carbocycles. The highest BCUT2D eigenvalue weighted by Gasteiger charge is 2.33. The summed E-state index contributed by atoms with van der Waals surface area (Å²) in [7, 11) is 1.62. The van der Waals surface area contributed by atoms with Gasteiger partial charge < -0.3 is 14.8 Å². The van der Waals surface area contributed by atoms with Gasteiger partial charge in [0.15, 0.2) is 0 Å². The molecule has 4 heteroatoms. The minimum atomic E-state index is -0.309. The van der Waals surface area contributed by atoms with Crippen LogP contribution in [-0.2, 0) is 9.47 Å². The Morgan fingerprint density at radius 2 is 2.11 bits per heavy atom. The third-order valence-electron chi connectivity index (χ3n) is 3.80. The molecule has 0 aromatic heterocycles. The van der Waals surface area contributed by atoms with E-state index in [4.69, 9.17) is 9.47 Å². The van der Waals surface area contributed by atoms with Crippen LogP contribution >= 0.6 is 0 Å². The Balaban J connectivity index is 2.42. The molecule has 1 aliphatic rings. The Morgan fingerprint density at radius 3 is 2.72 bits per heavy atom. The summed E-state index contributed by atoms with van der Waals surface area (Å²) < 4.78 is 10.5. The second-order valence-corrected chi connectivity index (χ2v) is 5.69. The first-order valence-electron chi connectivity index (χ1n) is 6.98. The second kappa shape index (κ2) is 7.62. The second-order valence-electron chi connectivity index (χ2n) is 5.69. The molecule has 0 radical (unpaired) electrons. The van der Waals surface area contributed by atoms with Crippen molar-refractivity contribution < 1.29 is 14.3 Å². The van der Waals surface area contributed by atoms with Gasteiger partial charge in [0.2, 0.25) is 0 Å². The summed E-state index contributed by atoms with van der Waals surface area (Å²) in [5, 5.41) is 2.72. The Bertz CT molecular complexity index is 255. The summed E-state index contributed by atoms with van der Waals surface area (Å²) in [6.07, 6.45) is 3.15. The molecule has 0 heterocycles. The Kier molecular flexibility index (Phi) is 6.47. The lowest BCUT2D eigenvalue weighted by atomic mass is 9.75. The molecule has 4 nitrogen and oxygen atoms in total. The van der Waals surface area contributed by atoms with Crippen molar-refractivity contribution in [1.29, 1.82) is 0 Å². The van der Waals surface area contributed by atoms with Gasteiger partial charge in [0.05, 0.1) is 6.61 Å². The maximum absolute atomic E-state index is 11.7. The van der Waals surface area contributed by atoms with Gasteiger partial charge in [-0.25, -0.2) is 4.79 Å². The molecule has 1 rings (SSSR count). The number of ether oxygens (including phenoxy) is 2. The van der Waals surface area contributed by atoms with E-state index in [1.165, 1.54) is 6.42 Å². The summed E-state index contributed by atoms with van der Waals surface area (Å²) in [5.41, 5.74) is 0. The highest BCUT2D eigenvalue weighted by molar-refractivity contribution is 5.67. The molecule has 3 atom stereocenters. The van der Waals surface area contributed by atoms with Gasteiger partial charge in [0, 0.05) is 13.7 Å². The fourth-order valence-corrected chi connectivity index (χ4v) is 2.68. The number of hydrogen-bond donors (Lipinski definition) is 1. The van der Waals surface area contributed by atoms with Crippen molar-refractivity contribution in [3.05, 3.63) is 0 Å². The minimum Gasteiger partial charge on any atom is -0.446 e. The summed E-state index contributed by atoms with van der Waals surface area (Å²) in [4.78, 5) is 11.7. The van der Waals surface area contributed by atoms with Crippen molar-refractivity contribution in [3.63, 3.8) is 0 Å². The van der Waals surface area contributed by atoms with E-state index < -0.39 is 0 Å². The molecule has 0 spiro atoms. The molecule has 1 fully saturated rings. The summed E-state index contributed by atoms with van der Waals surface area (Å²) in [6, 6.07) is 0. The number of hydrogen-bond acceptors (Lipinski definition) is 3. The fourth-order valence-electron chi connectivity index (χ4n) is 2.68. The van der Waals surface area contributed by atoms with Gasteiger partial charge in [-0.1, -0.05) is 27.2 Å². The molecular weight excluding hydrogens is 230 g/mol. The number of methoxy groups -OCH3 is 1. The fraction of sp³-hybridized carbons (Fsp3) is 0.929. The average molecular weight is 257 g/mol. The van der Waals surface area contributed by atoms with Gasteiger partial charge in [-0.2, -0.15) is 0 Å².